The topological polar surface area (TPSA) is 24.1 Å². The smallest absolute Gasteiger partial charge is 0.0505 e. The van der Waals surface area contributed by atoms with E-state index in [1.54, 1.807) is 0 Å². The predicted molar refractivity (Wildman–Crippen MR) is 36.9 cm³/mol. The lowest BCUT2D eigenvalue weighted by molar-refractivity contribution is 0.564. The minimum Gasteiger partial charge on any atom is -0.315 e. The van der Waals surface area contributed by atoms with Crippen molar-refractivity contribution in [1.29, 1.82) is 0 Å². The van der Waals surface area contributed by atoms with Crippen molar-refractivity contribution >= 4 is 0 Å². The van der Waals surface area contributed by atoms with Crippen molar-refractivity contribution in [2.75, 3.05) is 13.1 Å². The molecule has 2 aliphatic rings. The molecule has 0 aromatic heterocycles. The monoisotopic (exact) mass is 125 g/mol. The Morgan fingerprint density at radius 2 is 2.33 bits per heavy atom. The molecule has 2 heteroatoms. The second-order valence-electron chi connectivity index (χ2n) is 2.95. The van der Waals surface area contributed by atoms with Gasteiger partial charge >= 0.3 is 0 Å². The van der Waals surface area contributed by atoms with Gasteiger partial charge in [0.2, 0.25) is 0 Å². The van der Waals surface area contributed by atoms with E-state index < -0.39 is 0 Å². The highest BCUT2D eigenvalue weighted by molar-refractivity contribution is 5.01. The summed E-state index contributed by atoms with van der Waals surface area (Å²) in [7, 11) is 0. The average molecular weight is 125 g/mol. The molecule has 2 aliphatic heterocycles. The fraction of sp³-hybridized carbons (Fsp3) is 0.857. The normalized spacial score (nSPS) is 36.7. The minimum absolute atomic E-state index is 0.801. The van der Waals surface area contributed by atoms with Gasteiger partial charge in [0, 0.05) is 12.6 Å². The lowest BCUT2D eigenvalue weighted by Crippen LogP contribution is -2.24. The lowest BCUT2D eigenvalue weighted by Gasteiger charge is -2.05. The minimum atomic E-state index is 0.801. The third-order valence-electron chi connectivity index (χ3n) is 2.21. The molecule has 0 amide bonds. The Hall–Kier alpha value is -0.0800. The van der Waals surface area contributed by atoms with Gasteiger partial charge in [0.1, 0.15) is 0 Å². The molecule has 2 heterocycles. The van der Waals surface area contributed by atoms with Crippen LogP contribution in [0.2, 0.25) is 0 Å². The summed E-state index contributed by atoms with van der Waals surface area (Å²) in [5.74, 6) is 0. The summed E-state index contributed by atoms with van der Waals surface area (Å²) in [4.78, 5) is 0. The number of fused-ring (bicyclic) bond motifs is 2. The fourth-order valence-corrected chi connectivity index (χ4v) is 1.65. The second kappa shape index (κ2) is 2.27. The van der Waals surface area contributed by atoms with Gasteiger partial charge in [-0.1, -0.05) is 0 Å². The molecule has 2 fully saturated rings. The largest absolute Gasteiger partial charge is 0.315 e. The Bertz CT molecular complexity index is 91.1. The van der Waals surface area contributed by atoms with Gasteiger partial charge in [-0.25, -0.2) is 0 Å². The maximum Gasteiger partial charge on any atom is 0.0505 e. The van der Waals surface area contributed by atoms with E-state index in [9.17, 15) is 0 Å². The van der Waals surface area contributed by atoms with Gasteiger partial charge in [0.05, 0.1) is 6.04 Å². The predicted octanol–water partition coefficient (Wildman–Crippen LogP) is 0.264. The van der Waals surface area contributed by atoms with Crippen LogP contribution in [-0.4, -0.2) is 19.1 Å². The number of nitrogens with one attached hydrogen (secondary N) is 2. The maximum atomic E-state index is 3.51. The van der Waals surface area contributed by atoms with E-state index in [1.165, 1.54) is 31.8 Å². The van der Waals surface area contributed by atoms with Gasteiger partial charge in [-0.05, 0) is 25.8 Å². The SMILES string of the molecule is C1CC2CC[C](CN1)N2. The molecule has 51 valence electrons. The Balaban J connectivity index is 1.99. The van der Waals surface area contributed by atoms with Gasteiger partial charge in [-0.3, -0.25) is 0 Å². The molecule has 2 N–H and O–H groups in total. The van der Waals surface area contributed by atoms with Crippen LogP contribution in [0.25, 0.3) is 0 Å². The van der Waals surface area contributed by atoms with Crippen molar-refractivity contribution in [1.82, 2.24) is 10.6 Å². The second-order valence-corrected chi connectivity index (χ2v) is 2.95. The molecule has 2 saturated heterocycles. The Labute approximate surface area is 56.0 Å². The molecule has 1 atom stereocenters. The fourth-order valence-electron chi connectivity index (χ4n) is 1.65. The molecule has 0 spiro atoms. The molecule has 0 aliphatic carbocycles. The summed E-state index contributed by atoms with van der Waals surface area (Å²) in [6.45, 7) is 2.30. The lowest BCUT2D eigenvalue weighted by atomic mass is 10.1. The van der Waals surface area contributed by atoms with Gasteiger partial charge in [0.25, 0.3) is 0 Å². The molecule has 2 nitrogen and oxygen atoms in total. The van der Waals surface area contributed by atoms with Crippen LogP contribution < -0.4 is 10.6 Å². The summed E-state index contributed by atoms with van der Waals surface area (Å²) in [5, 5.41) is 6.89. The van der Waals surface area contributed by atoms with Crippen molar-refractivity contribution in [2.24, 2.45) is 0 Å². The van der Waals surface area contributed by atoms with Crippen LogP contribution in [0, 0.1) is 6.04 Å². The first-order valence-corrected chi connectivity index (χ1v) is 3.77. The molecule has 0 aromatic rings. The Morgan fingerprint density at radius 3 is 3.33 bits per heavy atom. The highest BCUT2D eigenvalue weighted by Crippen LogP contribution is 2.21. The van der Waals surface area contributed by atoms with Gasteiger partial charge < -0.3 is 10.6 Å². The quantitative estimate of drug-likeness (QED) is 0.485. The third kappa shape index (κ3) is 1.10. The van der Waals surface area contributed by atoms with Crippen LogP contribution in [0.4, 0.5) is 0 Å². The molecule has 0 aromatic carbocycles. The highest BCUT2D eigenvalue weighted by atomic mass is 15.1. The van der Waals surface area contributed by atoms with Crippen LogP contribution in [0.15, 0.2) is 0 Å². The van der Waals surface area contributed by atoms with Crippen LogP contribution in [0.3, 0.4) is 0 Å². The molecule has 0 saturated carbocycles. The Kier molecular flexibility index (Phi) is 1.44. The number of hydrogen-bond donors (Lipinski definition) is 2. The first-order chi connectivity index (χ1) is 4.45. The van der Waals surface area contributed by atoms with Gasteiger partial charge in [-0.2, -0.15) is 0 Å². The summed E-state index contributed by atoms with van der Waals surface area (Å²) in [6.07, 6.45) is 3.98. The van der Waals surface area contributed by atoms with E-state index in [0.29, 0.717) is 0 Å². The molecular formula is C7H13N2. The summed E-state index contributed by atoms with van der Waals surface area (Å²) >= 11 is 0. The van der Waals surface area contributed by atoms with Crippen LogP contribution in [0.5, 0.6) is 0 Å². The van der Waals surface area contributed by atoms with Gasteiger partial charge in [-0.15, -0.1) is 0 Å². The molecule has 1 radical (unpaired) electrons. The molecular weight excluding hydrogens is 112 g/mol. The van der Waals surface area contributed by atoms with Crippen molar-refractivity contribution in [3.05, 3.63) is 6.04 Å². The third-order valence-corrected chi connectivity index (χ3v) is 2.21. The van der Waals surface area contributed by atoms with Crippen molar-refractivity contribution < 1.29 is 0 Å². The highest BCUT2D eigenvalue weighted by Gasteiger charge is 2.25. The molecule has 9 heavy (non-hydrogen) atoms. The zero-order chi connectivity index (χ0) is 6.10. The summed E-state index contributed by atoms with van der Waals surface area (Å²) < 4.78 is 0. The zero-order valence-corrected chi connectivity index (χ0v) is 5.61. The van der Waals surface area contributed by atoms with E-state index in [0.717, 1.165) is 12.6 Å². The Morgan fingerprint density at radius 1 is 1.33 bits per heavy atom. The van der Waals surface area contributed by atoms with Crippen LogP contribution in [0.1, 0.15) is 19.3 Å². The van der Waals surface area contributed by atoms with Gasteiger partial charge in [0.15, 0.2) is 0 Å². The standard InChI is InChI=1S/C7H13N2/c1-2-7-5-8-4-3-6(1)9-7/h6,8-9H,1-5H2. The first kappa shape index (κ1) is 5.69. The van der Waals surface area contributed by atoms with Crippen molar-refractivity contribution in [3.8, 4) is 0 Å². The van der Waals surface area contributed by atoms with Crippen molar-refractivity contribution in [2.45, 2.75) is 25.3 Å². The van der Waals surface area contributed by atoms with E-state index in [-0.39, 0.29) is 0 Å². The summed E-state index contributed by atoms with van der Waals surface area (Å²) in [6, 6.07) is 2.33. The van der Waals surface area contributed by atoms with E-state index in [2.05, 4.69) is 10.6 Å². The average Bonchev–Trinajstić information content (AvgIpc) is 2.09. The van der Waals surface area contributed by atoms with Crippen LogP contribution in [-0.2, 0) is 0 Å². The van der Waals surface area contributed by atoms with E-state index >= 15 is 0 Å². The van der Waals surface area contributed by atoms with Crippen LogP contribution >= 0.6 is 0 Å². The summed E-state index contributed by atoms with van der Waals surface area (Å²) in [5.41, 5.74) is 0. The van der Waals surface area contributed by atoms with E-state index in [1.807, 2.05) is 0 Å². The number of rotatable bonds is 0. The molecule has 1 unspecified atom stereocenters. The maximum absolute atomic E-state index is 3.51. The zero-order valence-electron chi connectivity index (χ0n) is 5.61. The van der Waals surface area contributed by atoms with E-state index in [4.69, 9.17) is 0 Å². The molecule has 2 rings (SSSR count). The molecule has 2 bridgehead atoms. The first-order valence-electron chi connectivity index (χ1n) is 3.77. The van der Waals surface area contributed by atoms with Crippen molar-refractivity contribution in [3.63, 3.8) is 0 Å². The number of hydrogen-bond acceptors (Lipinski definition) is 2.